The monoisotopic (exact) mass is 183 g/mol. The average molecular weight is 183 g/mol. The maximum atomic E-state index is 4.93. The lowest BCUT2D eigenvalue weighted by atomic mass is 10.0. The number of nitrogens with zero attached hydrogens (tertiary/aromatic N) is 2. The highest BCUT2D eigenvalue weighted by molar-refractivity contribution is 5.17. The molecule has 0 saturated carbocycles. The molecule has 4 nitrogen and oxygen atoms in total. The fraction of sp³-hybridized carbons (Fsp3) is 0.778. The summed E-state index contributed by atoms with van der Waals surface area (Å²) in [4.78, 5) is 4.06. The van der Waals surface area contributed by atoms with Crippen molar-refractivity contribution in [3.05, 3.63) is 5.82 Å². The molecule has 0 saturated heterocycles. The minimum absolute atomic E-state index is 0.532. The molecular weight excluding hydrogens is 166 g/mol. The molecule has 0 amide bonds. The molecule has 74 valence electrons. The van der Waals surface area contributed by atoms with Crippen LogP contribution < -0.4 is 5.32 Å². The maximum Gasteiger partial charge on any atom is 0.321 e. The molecule has 0 fully saturated rings. The Morgan fingerprint density at radius 2 is 2.08 bits per heavy atom. The normalized spacial score (nSPS) is 10.8. The average Bonchev–Trinajstić information content (AvgIpc) is 2.53. The van der Waals surface area contributed by atoms with Crippen LogP contribution in [0.15, 0.2) is 4.52 Å². The van der Waals surface area contributed by atoms with Crippen molar-refractivity contribution in [3.63, 3.8) is 0 Å². The smallest absolute Gasteiger partial charge is 0.321 e. The molecule has 1 N–H and O–H groups in total. The molecule has 4 heteroatoms. The van der Waals surface area contributed by atoms with Gasteiger partial charge in [-0.3, -0.25) is 0 Å². The molecule has 0 aromatic carbocycles. The minimum atomic E-state index is 0.532. The van der Waals surface area contributed by atoms with E-state index < -0.39 is 0 Å². The van der Waals surface area contributed by atoms with E-state index >= 15 is 0 Å². The molecule has 13 heavy (non-hydrogen) atoms. The first kappa shape index (κ1) is 10.0. The van der Waals surface area contributed by atoms with Gasteiger partial charge in [-0.15, -0.1) is 0 Å². The van der Waals surface area contributed by atoms with Gasteiger partial charge >= 0.3 is 6.01 Å². The summed E-state index contributed by atoms with van der Waals surface area (Å²) in [6.45, 7) is 7.10. The lowest BCUT2D eigenvalue weighted by Gasteiger charge is -2.10. The molecular formula is C9H17N3O. The van der Waals surface area contributed by atoms with Crippen LogP contribution in [-0.4, -0.2) is 16.7 Å². The Balaban J connectivity index is 2.33. The second-order valence-corrected chi connectivity index (χ2v) is 3.21. The first-order chi connectivity index (χ1) is 6.26. The van der Waals surface area contributed by atoms with Crippen molar-refractivity contribution in [1.29, 1.82) is 0 Å². The number of rotatable bonds is 5. The Morgan fingerprint density at radius 1 is 1.38 bits per heavy atom. The molecule has 0 unspecified atom stereocenters. The highest BCUT2D eigenvalue weighted by Gasteiger charge is 2.05. The Kier molecular flexibility index (Phi) is 3.73. The Labute approximate surface area is 78.7 Å². The molecule has 1 rings (SSSR count). The van der Waals surface area contributed by atoms with Gasteiger partial charge in [0.15, 0.2) is 5.82 Å². The summed E-state index contributed by atoms with van der Waals surface area (Å²) in [7, 11) is 0. The third-order valence-electron chi connectivity index (χ3n) is 2.22. The molecule has 0 aliphatic heterocycles. The summed E-state index contributed by atoms with van der Waals surface area (Å²) in [5.74, 6) is 1.36. The van der Waals surface area contributed by atoms with E-state index in [1.807, 2.05) is 6.92 Å². The van der Waals surface area contributed by atoms with Crippen LogP contribution in [0.25, 0.3) is 0 Å². The van der Waals surface area contributed by atoms with E-state index in [4.69, 9.17) is 4.52 Å². The molecule has 1 aromatic heterocycles. The minimum Gasteiger partial charge on any atom is -0.337 e. The quantitative estimate of drug-likeness (QED) is 0.760. The number of nitrogens with one attached hydrogen (secondary N) is 1. The third kappa shape index (κ3) is 3.05. The van der Waals surface area contributed by atoms with Crippen molar-refractivity contribution in [1.82, 2.24) is 10.1 Å². The van der Waals surface area contributed by atoms with Gasteiger partial charge in [-0.05, 0) is 12.8 Å². The zero-order valence-electron chi connectivity index (χ0n) is 8.50. The Morgan fingerprint density at radius 3 is 2.54 bits per heavy atom. The van der Waals surface area contributed by atoms with Gasteiger partial charge in [0, 0.05) is 6.54 Å². The van der Waals surface area contributed by atoms with Crippen LogP contribution in [0.5, 0.6) is 0 Å². The maximum absolute atomic E-state index is 4.93. The van der Waals surface area contributed by atoms with Crippen molar-refractivity contribution in [2.24, 2.45) is 5.92 Å². The molecule has 0 aliphatic rings. The lowest BCUT2D eigenvalue weighted by Crippen LogP contribution is -2.12. The van der Waals surface area contributed by atoms with Crippen LogP contribution in [0.2, 0.25) is 0 Å². The standard InChI is InChI=1S/C9H17N3O/c1-4-8(5-2)6-10-9-11-7(3)12-13-9/h8H,4-6H2,1-3H3,(H,10,11,12). The highest BCUT2D eigenvalue weighted by atomic mass is 16.5. The SMILES string of the molecule is CCC(CC)CNc1nc(C)no1. The summed E-state index contributed by atoms with van der Waals surface area (Å²) in [6, 6.07) is 0.532. The molecule has 0 bridgehead atoms. The van der Waals surface area contributed by atoms with Crippen molar-refractivity contribution < 1.29 is 4.52 Å². The van der Waals surface area contributed by atoms with E-state index in [2.05, 4.69) is 29.3 Å². The van der Waals surface area contributed by atoms with Gasteiger partial charge in [0.2, 0.25) is 0 Å². The van der Waals surface area contributed by atoms with E-state index in [0.717, 1.165) is 6.54 Å². The molecule has 1 heterocycles. The van der Waals surface area contributed by atoms with Gasteiger partial charge in [0.25, 0.3) is 0 Å². The molecule has 0 atom stereocenters. The predicted octanol–water partition coefficient (Wildman–Crippen LogP) is 2.23. The molecule has 0 spiro atoms. The molecule has 0 radical (unpaired) electrons. The van der Waals surface area contributed by atoms with Crippen LogP contribution in [0.4, 0.5) is 6.01 Å². The van der Waals surface area contributed by atoms with E-state index in [-0.39, 0.29) is 0 Å². The van der Waals surface area contributed by atoms with Gasteiger partial charge in [-0.1, -0.05) is 31.8 Å². The number of aryl methyl sites for hydroxylation is 1. The van der Waals surface area contributed by atoms with Crippen molar-refractivity contribution >= 4 is 6.01 Å². The fourth-order valence-corrected chi connectivity index (χ4v) is 1.18. The second-order valence-electron chi connectivity index (χ2n) is 3.21. The summed E-state index contributed by atoms with van der Waals surface area (Å²) in [5, 5.41) is 6.82. The van der Waals surface area contributed by atoms with Gasteiger partial charge in [0.1, 0.15) is 0 Å². The summed E-state index contributed by atoms with van der Waals surface area (Å²) >= 11 is 0. The van der Waals surface area contributed by atoms with E-state index in [1.54, 1.807) is 0 Å². The number of hydrogen-bond acceptors (Lipinski definition) is 4. The van der Waals surface area contributed by atoms with Crippen molar-refractivity contribution in [2.45, 2.75) is 33.6 Å². The van der Waals surface area contributed by atoms with E-state index in [0.29, 0.717) is 17.8 Å². The number of hydrogen-bond donors (Lipinski definition) is 1. The summed E-state index contributed by atoms with van der Waals surface area (Å²) < 4.78 is 4.93. The van der Waals surface area contributed by atoms with Crippen LogP contribution in [0.1, 0.15) is 32.5 Å². The Bertz CT molecular complexity index is 243. The van der Waals surface area contributed by atoms with Gasteiger partial charge in [-0.2, -0.15) is 4.98 Å². The molecule has 0 aliphatic carbocycles. The molecule has 1 aromatic rings. The first-order valence-corrected chi connectivity index (χ1v) is 4.80. The third-order valence-corrected chi connectivity index (χ3v) is 2.22. The number of aromatic nitrogens is 2. The van der Waals surface area contributed by atoms with Crippen LogP contribution >= 0.6 is 0 Å². The highest BCUT2D eigenvalue weighted by Crippen LogP contribution is 2.09. The largest absolute Gasteiger partial charge is 0.337 e. The summed E-state index contributed by atoms with van der Waals surface area (Å²) in [5.41, 5.74) is 0. The second kappa shape index (κ2) is 4.84. The van der Waals surface area contributed by atoms with E-state index in [1.165, 1.54) is 12.8 Å². The van der Waals surface area contributed by atoms with Gasteiger partial charge in [-0.25, -0.2) is 0 Å². The predicted molar refractivity (Wildman–Crippen MR) is 51.6 cm³/mol. The van der Waals surface area contributed by atoms with Crippen LogP contribution in [-0.2, 0) is 0 Å². The van der Waals surface area contributed by atoms with Crippen LogP contribution in [0.3, 0.4) is 0 Å². The first-order valence-electron chi connectivity index (χ1n) is 4.80. The Hall–Kier alpha value is -1.06. The van der Waals surface area contributed by atoms with Gasteiger partial charge < -0.3 is 9.84 Å². The van der Waals surface area contributed by atoms with Crippen molar-refractivity contribution in [2.75, 3.05) is 11.9 Å². The summed E-state index contributed by atoms with van der Waals surface area (Å²) in [6.07, 6.45) is 2.35. The zero-order chi connectivity index (χ0) is 9.68. The van der Waals surface area contributed by atoms with Gasteiger partial charge in [0.05, 0.1) is 0 Å². The van der Waals surface area contributed by atoms with E-state index in [9.17, 15) is 0 Å². The number of anilines is 1. The lowest BCUT2D eigenvalue weighted by molar-refractivity contribution is 0.419. The van der Waals surface area contributed by atoms with Crippen LogP contribution in [0, 0.1) is 12.8 Å². The zero-order valence-corrected chi connectivity index (χ0v) is 8.50. The topological polar surface area (TPSA) is 51.0 Å². The fourth-order valence-electron chi connectivity index (χ4n) is 1.18. The van der Waals surface area contributed by atoms with Crippen molar-refractivity contribution in [3.8, 4) is 0 Å².